The first-order valence-electron chi connectivity index (χ1n) is 5.70. The molecule has 2 aromatic rings. The second kappa shape index (κ2) is 6.69. The van der Waals surface area contributed by atoms with Gasteiger partial charge in [0.1, 0.15) is 0 Å². The van der Waals surface area contributed by atoms with Crippen LogP contribution >= 0.6 is 11.3 Å². The van der Waals surface area contributed by atoms with Crippen LogP contribution in [-0.4, -0.2) is 22.6 Å². The number of aliphatic hydroxyl groups is 1. The minimum absolute atomic E-state index is 0.0568. The molecule has 1 aromatic heterocycles. The minimum atomic E-state index is -0.190. The maximum atomic E-state index is 11.9. The Morgan fingerprint density at radius 2 is 2.16 bits per heavy atom. The van der Waals surface area contributed by atoms with Crippen molar-refractivity contribution in [2.45, 2.75) is 6.42 Å². The maximum Gasteiger partial charge on any atom is 0.257 e. The van der Waals surface area contributed by atoms with Crippen LogP contribution in [0.3, 0.4) is 0 Å². The van der Waals surface area contributed by atoms with E-state index in [1.54, 1.807) is 35.8 Å². The second-order valence-corrected chi connectivity index (χ2v) is 4.54. The van der Waals surface area contributed by atoms with E-state index in [1.807, 2.05) is 0 Å². The van der Waals surface area contributed by atoms with Crippen LogP contribution in [0.4, 0.5) is 5.13 Å². The fourth-order valence-corrected chi connectivity index (χ4v) is 1.90. The third kappa shape index (κ3) is 3.91. The Kier molecular flexibility index (Phi) is 4.67. The summed E-state index contributed by atoms with van der Waals surface area (Å²) >= 11 is 1.37. The molecule has 0 aliphatic rings. The van der Waals surface area contributed by atoms with E-state index in [1.165, 1.54) is 11.3 Å². The number of carbonyl (C=O) groups is 1. The van der Waals surface area contributed by atoms with Crippen LogP contribution < -0.4 is 5.32 Å². The van der Waals surface area contributed by atoms with Gasteiger partial charge in [-0.15, -0.1) is 11.3 Å². The van der Waals surface area contributed by atoms with Gasteiger partial charge in [-0.25, -0.2) is 4.98 Å². The summed E-state index contributed by atoms with van der Waals surface area (Å²) in [6, 6.07) is 6.99. The molecule has 0 aliphatic carbocycles. The van der Waals surface area contributed by atoms with Crippen LogP contribution in [0.5, 0.6) is 0 Å². The van der Waals surface area contributed by atoms with Crippen LogP contribution in [0.2, 0.25) is 0 Å². The smallest absolute Gasteiger partial charge is 0.257 e. The van der Waals surface area contributed by atoms with Crippen molar-refractivity contribution in [1.82, 2.24) is 4.98 Å². The standard InChI is InChI=1S/C14H12N2O2S/c17-9-2-1-3-11-4-6-12(7-5-11)13(18)16-14-15-8-10-19-14/h4-8,10,17H,2,9H2,(H,15,16,18). The van der Waals surface area contributed by atoms with Gasteiger partial charge in [-0.3, -0.25) is 10.1 Å². The van der Waals surface area contributed by atoms with Gasteiger partial charge in [0.25, 0.3) is 5.91 Å². The predicted molar refractivity (Wildman–Crippen MR) is 75.1 cm³/mol. The van der Waals surface area contributed by atoms with Gasteiger partial charge in [-0.1, -0.05) is 11.8 Å². The zero-order valence-electron chi connectivity index (χ0n) is 10.1. The molecule has 1 aromatic carbocycles. The highest BCUT2D eigenvalue weighted by Gasteiger charge is 2.06. The molecule has 19 heavy (non-hydrogen) atoms. The summed E-state index contributed by atoms with van der Waals surface area (Å²) in [5.41, 5.74) is 1.38. The Morgan fingerprint density at radius 3 is 2.79 bits per heavy atom. The van der Waals surface area contributed by atoms with Crippen LogP contribution in [0, 0.1) is 11.8 Å². The van der Waals surface area contributed by atoms with Gasteiger partial charge in [0.2, 0.25) is 0 Å². The molecular formula is C14H12N2O2S. The maximum absolute atomic E-state index is 11.9. The fraction of sp³-hybridized carbons (Fsp3) is 0.143. The Labute approximate surface area is 115 Å². The van der Waals surface area contributed by atoms with Crippen LogP contribution in [-0.2, 0) is 0 Å². The van der Waals surface area contributed by atoms with Gasteiger partial charge in [-0.05, 0) is 24.3 Å². The predicted octanol–water partition coefficient (Wildman–Crippen LogP) is 2.13. The summed E-state index contributed by atoms with van der Waals surface area (Å²) in [6.07, 6.45) is 2.09. The lowest BCUT2D eigenvalue weighted by atomic mass is 10.1. The number of anilines is 1. The zero-order valence-corrected chi connectivity index (χ0v) is 10.9. The van der Waals surface area contributed by atoms with Crippen LogP contribution in [0.1, 0.15) is 22.3 Å². The topological polar surface area (TPSA) is 62.2 Å². The largest absolute Gasteiger partial charge is 0.395 e. The van der Waals surface area contributed by atoms with Crippen molar-refractivity contribution >= 4 is 22.4 Å². The molecule has 96 valence electrons. The van der Waals surface area contributed by atoms with Gasteiger partial charge in [-0.2, -0.15) is 0 Å². The Hall–Kier alpha value is -2.16. The quantitative estimate of drug-likeness (QED) is 0.841. The summed E-state index contributed by atoms with van der Waals surface area (Å²) in [6.45, 7) is 0.0568. The molecule has 0 saturated heterocycles. The van der Waals surface area contributed by atoms with E-state index >= 15 is 0 Å². The highest BCUT2D eigenvalue weighted by molar-refractivity contribution is 7.13. The van der Waals surface area contributed by atoms with Gasteiger partial charge in [0, 0.05) is 29.1 Å². The first-order chi connectivity index (χ1) is 9.29. The Morgan fingerprint density at radius 1 is 1.37 bits per heavy atom. The lowest BCUT2D eigenvalue weighted by Gasteiger charge is -2.01. The summed E-state index contributed by atoms with van der Waals surface area (Å²) < 4.78 is 0. The Balaban J connectivity index is 2.02. The molecule has 0 radical (unpaired) electrons. The lowest BCUT2D eigenvalue weighted by Crippen LogP contribution is -2.11. The third-order valence-electron chi connectivity index (χ3n) is 2.27. The summed E-state index contributed by atoms with van der Waals surface area (Å²) in [5, 5.41) is 13.7. The molecule has 0 unspecified atom stereocenters. The van der Waals surface area contributed by atoms with Gasteiger partial charge in [0.05, 0.1) is 6.61 Å². The molecule has 1 heterocycles. The average Bonchev–Trinajstić information content (AvgIpc) is 2.93. The molecule has 4 nitrogen and oxygen atoms in total. The first kappa shape index (κ1) is 13.3. The monoisotopic (exact) mass is 272 g/mol. The summed E-state index contributed by atoms with van der Waals surface area (Å²) in [7, 11) is 0. The number of benzene rings is 1. The fourth-order valence-electron chi connectivity index (χ4n) is 1.38. The molecule has 0 fully saturated rings. The lowest BCUT2D eigenvalue weighted by molar-refractivity contribution is 0.102. The van der Waals surface area contributed by atoms with E-state index < -0.39 is 0 Å². The van der Waals surface area contributed by atoms with Crippen molar-refractivity contribution in [3.8, 4) is 11.8 Å². The molecule has 0 atom stereocenters. The SMILES string of the molecule is O=C(Nc1nccs1)c1ccc(C#CCCO)cc1. The molecule has 0 bridgehead atoms. The molecular weight excluding hydrogens is 260 g/mol. The van der Waals surface area contributed by atoms with E-state index in [9.17, 15) is 4.79 Å². The molecule has 5 heteroatoms. The van der Waals surface area contributed by atoms with E-state index in [0.29, 0.717) is 17.1 Å². The van der Waals surface area contributed by atoms with Crippen LogP contribution in [0.15, 0.2) is 35.8 Å². The van der Waals surface area contributed by atoms with Gasteiger partial charge < -0.3 is 5.11 Å². The number of carbonyl (C=O) groups excluding carboxylic acids is 1. The van der Waals surface area contributed by atoms with Crippen molar-refractivity contribution in [3.05, 3.63) is 47.0 Å². The van der Waals surface area contributed by atoms with E-state index in [4.69, 9.17) is 5.11 Å². The number of hydrogen-bond acceptors (Lipinski definition) is 4. The van der Waals surface area contributed by atoms with E-state index in [2.05, 4.69) is 22.1 Å². The molecule has 2 N–H and O–H groups in total. The van der Waals surface area contributed by atoms with E-state index in [0.717, 1.165) is 5.56 Å². The van der Waals surface area contributed by atoms with Crippen molar-refractivity contribution in [3.63, 3.8) is 0 Å². The number of aromatic nitrogens is 1. The van der Waals surface area contributed by atoms with Crippen LogP contribution in [0.25, 0.3) is 0 Å². The number of thiazole rings is 1. The summed E-state index contributed by atoms with van der Waals surface area (Å²) in [5.74, 6) is 5.54. The van der Waals surface area contributed by atoms with Crippen molar-refractivity contribution in [2.24, 2.45) is 0 Å². The van der Waals surface area contributed by atoms with Crippen molar-refractivity contribution < 1.29 is 9.90 Å². The van der Waals surface area contributed by atoms with Crippen molar-refractivity contribution in [1.29, 1.82) is 0 Å². The highest BCUT2D eigenvalue weighted by Crippen LogP contribution is 2.12. The Bertz CT molecular complexity index is 595. The molecule has 0 spiro atoms. The molecule has 2 rings (SSSR count). The van der Waals surface area contributed by atoms with Crippen molar-refractivity contribution in [2.75, 3.05) is 11.9 Å². The number of nitrogens with one attached hydrogen (secondary N) is 1. The molecule has 0 aliphatic heterocycles. The average molecular weight is 272 g/mol. The molecule has 0 saturated carbocycles. The normalized spacial score (nSPS) is 9.53. The number of nitrogens with zero attached hydrogens (tertiary/aromatic N) is 1. The van der Waals surface area contributed by atoms with Gasteiger partial charge in [0.15, 0.2) is 5.13 Å². The zero-order chi connectivity index (χ0) is 13.5. The minimum Gasteiger partial charge on any atom is -0.395 e. The first-order valence-corrected chi connectivity index (χ1v) is 6.58. The van der Waals surface area contributed by atoms with E-state index in [-0.39, 0.29) is 12.5 Å². The third-order valence-corrected chi connectivity index (χ3v) is 2.96. The van der Waals surface area contributed by atoms with Gasteiger partial charge >= 0.3 is 0 Å². The summed E-state index contributed by atoms with van der Waals surface area (Å²) in [4.78, 5) is 15.9. The number of rotatable bonds is 3. The number of amides is 1. The number of hydrogen-bond donors (Lipinski definition) is 2. The second-order valence-electron chi connectivity index (χ2n) is 3.64. The number of aliphatic hydroxyl groups excluding tert-OH is 1. The highest BCUT2D eigenvalue weighted by atomic mass is 32.1. The molecule has 1 amide bonds.